The van der Waals surface area contributed by atoms with Gasteiger partial charge < -0.3 is 28.1 Å². The minimum absolute atomic E-state index is 0.334. The second-order valence-corrected chi connectivity index (χ2v) is 32.3. The maximum Gasteiger partial charge on any atom is 0.137 e. The van der Waals surface area contributed by atoms with Crippen LogP contribution in [0.2, 0.25) is 0 Å². The van der Waals surface area contributed by atoms with Gasteiger partial charge in [-0.15, -0.1) is 0 Å². The summed E-state index contributed by atoms with van der Waals surface area (Å²) in [5.41, 5.74) is 28.3. The molecule has 0 saturated carbocycles. The van der Waals surface area contributed by atoms with Crippen molar-refractivity contribution in [3.05, 3.63) is 503 Å². The lowest BCUT2D eigenvalue weighted by atomic mass is 9.67. The fourth-order valence-corrected chi connectivity index (χ4v) is 21.1. The molecule has 4 aliphatic carbocycles. The summed E-state index contributed by atoms with van der Waals surface area (Å²) in [6.45, 7) is 7.92. The molecule has 18 aromatic carbocycles. The maximum atomic E-state index is 16.6. The van der Waals surface area contributed by atoms with E-state index in [1.165, 1.54) is 23.3 Å². The van der Waals surface area contributed by atoms with Gasteiger partial charge in [0, 0.05) is 33.5 Å². The normalized spacial score (nSPS) is 15.9. The van der Waals surface area contributed by atoms with E-state index in [2.05, 4.69) is 290 Å². The van der Waals surface area contributed by atoms with Crippen molar-refractivity contribution in [2.24, 2.45) is 0 Å². The van der Waals surface area contributed by atoms with Gasteiger partial charge in [0.1, 0.15) is 57.0 Å². The number of halogens is 2. The fourth-order valence-electron chi connectivity index (χ4n) is 21.1. The Morgan fingerprint density at radius 1 is 0.244 bits per heavy atom. The molecule has 2 unspecified atom stereocenters. The van der Waals surface area contributed by atoms with Gasteiger partial charge in [-0.1, -0.05) is 268 Å². The van der Waals surface area contributed by atoms with E-state index in [4.69, 9.17) is 18.3 Å². The molecule has 6 nitrogen and oxygen atoms in total. The van der Waals surface area contributed by atoms with Gasteiger partial charge in [-0.3, -0.25) is 0 Å². The van der Waals surface area contributed by atoms with Crippen molar-refractivity contribution in [3.8, 4) is 67.5 Å². The first-order valence-electron chi connectivity index (χ1n) is 41.6. The Kier molecular flexibility index (Phi) is 16.0. The number of rotatable bonds is 16. The largest absolute Gasteiger partial charge is 0.457 e. The van der Waals surface area contributed by atoms with Crippen LogP contribution in [0.3, 0.4) is 0 Å². The van der Waals surface area contributed by atoms with Gasteiger partial charge in [0.25, 0.3) is 0 Å². The summed E-state index contributed by atoms with van der Waals surface area (Å²) >= 11 is 0. The van der Waals surface area contributed by atoms with Crippen LogP contribution in [0.5, 0.6) is 23.0 Å². The van der Waals surface area contributed by atoms with Gasteiger partial charge in [0.2, 0.25) is 0 Å². The topological polar surface area (TPSA) is 51.2 Å². The van der Waals surface area contributed by atoms with Crippen molar-refractivity contribution in [1.82, 2.24) is 0 Å². The van der Waals surface area contributed by atoms with Crippen LogP contribution < -0.4 is 19.3 Å². The lowest BCUT2D eigenvalue weighted by Gasteiger charge is -2.36. The summed E-state index contributed by atoms with van der Waals surface area (Å²) < 4.78 is 60.0. The first-order valence-corrected chi connectivity index (χ1v) is 41.6. The SMILES string of the molecule is C=Cc1ccc(Oc2ccc(C3(c4cccc(F)c4)c4ccccc4-c4ccc(N(c5ccc6c(c5)C5(c7ccccc7-6)c6ccccc6-c6ccc(N(c7ccc8c(c7)C(c7ccc(Oc9ccc(C=C)cc9)cc7)(c7cccc(F)c7)c7ccccc7-8)c7cccc8oc9ccccc9c78)cc65)c5cccc6oc7ccccc7c56)cc43)cc2)cc1. The van der Waals surface area contributed by atoms with Crippen molar-refractivity contribution >= 4 is 90.2 Å². The Morgan fingerprint density at radius 3 is 0.886 bits per heavy atom. The number of ether oxygens (including phenoxy) is 2. The Bertz CT molecular complexity index is 7330. The Morgan fingerprint density at radius 2 is 0.537 bits per heavy atom. The number of benzene rings is 18. The zero-order valence-corrected chi connectivity index (χ0v) is 66.5. The number of hydrogen-bond acceptors (Lipinski definition) is 6. The highest BCUT2D eigenvalue weighted by Gasteiger charge is 2.54. The monoisotopic (exact) mass is 1580 g/mol. The Labute approximate surface area is 709 Å². The van der Waals surface area contributed by atoms with Crippen LogP contribution in [-0.2, 0) is 16.2 Å². The number of para-hydroxylation sites is 2. The van der Waals surface area contributed by atoms with E-state index in [1.807, 2.05) is 121 Å². The van der Waals surface area contributed by atoms with Crippen LogP contribution in [-0.4, -0.2) is 0 Å². The first-order chi connectivity index (χ1) is 60.6. The van der Waals surface area contributed by atoms with Crippen LogP contribution in [0.1, 0.15) is 77.9 Å². The molecule has 24 rings (SSSR count). The molecule has 1 spiro atoms. The van der Waals surface area contributed by atoms with Crippen molar-refractivity contribution in [1.29, 1.82) is 0 Å². The summed E-state index contributed by atoms with van der Waals surface area (Å²) in [5, 5.41) is 3.88. The van der Waals surface area contributed by atoms with Gasteiger partial charge in [-0.25, -0.2) is 8.78 Å². The average molecular weight is 1580 g/mol. The van der Waals surface area contributed by atoms with E-state index in [0.29, 0.717) is 23.0 Å². The van der Waals surface area contributed by atoms with Crippen molar-refractivity contribution in [2.75, 3.05) is 9.80 Å². The molecule has 0 aliphatic heterocycles. The minimum Gasteiger partial charge on any atom is -0.457 e. The standard InChI is InChI=1S/C115H72F2N2O4/c1-3-71-41-53-83(54-42-71)120-85-57-45-73(46-58-85)113(75-21-17-23-77(116)65-75)97-31-11-5-25-87(97)91-61-49-79(67-101(91)113)118(105-35-19-39-109-111(105)95-29-9-15-37-107(95)122-109)81-51-63-93-89-27-7-13-33-99(89)115(103(93)69-81)100-34-14-8-28-90(100)94-64-52-82(70-104(94)115)119(106-36-20-40-110-112(106)96-30-10-16-38-108(96)123-110)80-50-62-92-88-26-6-12-32-98(88)114(102(92)68-80,76-22-18-24-78(117)66-76)74-47-59-86(60-48-74)121-84-55-43-72(4-2)44-56-84/h3-70H,1-2H2. The third-order valence-electron chi connectivity index (χ3n) is 26.2. The zero-order valence-electron chi connectivity index (χ0n) is 66.5. The predicted molar refractivity (Wildman–Crippen MR) is 494 cm³/mol. The van der Waals surface area contributed by atoms with Crippen molar-refractivity contribution in [2.45, 2.75) is 16.2 Å². The molecule has 2 aromatic heterocycles. The zero-order chi connectivity index (χ0) is 81.8. The molecule has 0 radical (unpaired) electrons. The highest BCUT2D eigenvalue weighted by molar-refractivity contribution is 6.15. The average Bonchev–Trinajstić information content (AvgIpc) is 1.51. The van der Waals surface area contributed by atoms with Crippen molar-refractivity contribution < 1.29 is 27.1 Å². The quantitative estimate of drug-likeness (QED) is 0.0961. The second kappa shape index (κ2) is 27.6. The molecule has 2 heterocycles. The molecule has 123 heavy (non-hydrogen) atoms. The van der Waals surface area contributed by atoms with E-state index in [1.54, 1.807) is 12.1 Å². The number of anilines is 6. The van der Waals surface area contributed by atoms with Crippen LogP contribution in [0.25, 0.3) is 101 Å². The lowest BCUT2D eigenvalue weighted by Crippen LogP contribution is -2.29. The molecule has 0 fully saturated rings. The van der Waals surface area contributed by atoms with E-state index in [0.717, 1.165) is 189 Å². The van der Waals surface area contributed by atoms with Crippen LogP contribution in [0.4, 0.5) is 42.9 Å². The van der Waals surface area contributed by atoms with Gasteiger partial charge >= 0.3 is 0 Å². The smallest absolute Gasteiger partial charge is 0.137 e. The number of hydrogen-bond donors (Lipinski definition) is 0. The third kappa shape index (κ3) is 10.6. The maximum absolute atomic E-state index is 16.6. The van der Waals surface area contributed by atoms with E-state index in [-0.39, 0.29) is 11.6 Å². The van der Waals surface area contributed by atoms with Crippen molar-refractivity contribution in [3.63, 3.8) is 0 Å². The van der Waals surface area contributed by atoms with Gasteiger partial charge in [0.15, 0.2) is 0 Å². The molecule has 4 aliphatic rings. The molecular formula is C115H72F2N2O4. The Balaban J connectivity index is 0.727. The Hall–Kier alpha value is -15.9. The summed E-state index contributed by atoms with van der Waals surface area (Å²) in [5.74, 6) is 2.06. The first kappa shape index (κ1) is 71.2. The van der Waals surface area contributed by atoms with Gasteiger partial charge in [-0.05, 0) is 280 Å². The molecule has 0 bridgehead atoms. The third-order valence-corrected chi connectivity index (χ3v) is 26.2. The minimum atomic E-state index is -1.03. The molecular weight excluding hydrogens is 1510 g/mol. The fraction of sp³-hybridized carbons (Fsp3) is 0.0261. The van der Waals surface area contributed by atoms with Crippen LogP contribution in [0.15, 0.2) is 422 Å². The summed E-state index contributed by atoms with van der Waals surface area (Å²) in [4.78, 5) is 4.85. The van der Waals surface area contributed by atoms with Gasteiger partial charge in [-0.2, -0.15) is 0 Å². The highest BCUT2D eigenvalue weighted by Crippen LogP contribution is 2.66. The molecule has 0 saturated heterocycles. The number of nitrogens with zero attached hydrogens (tertiary/aromatic N) is 2. The molecule has 8 heteroatoms. The van der Waals surface area contributed by atoms with E-state index >= 15 is 8.78 Å². The lowest BCUT2D eigenvalue weighted by molar-refractivity contribution is 0.482. The van der Waals surface area contributed by atoms with E-state index in [9.17, 15) is 0 Å². The summed E-state index contributed by atoms with van der Waals surface area (Å²) in [7, 11) is 0. The van der Waals surface area contributed by atoms with Crippen LogP contribution >= 0.6 is 0 Å². The summed E-state index contributed by atoms with van der Waals surface area (Å²) in [6, 6.07) is 139. The number of fused-ring (bicyclic) bond motifs is 22. The highest BCUT2D eigenvalue weighted by atomic mass is 19.1. The molecule has 0 amide bonds. The number of furan rings is 2. The molecule has 2 atom stereocenters. The molecule has 0 N–H and O–H groups in total. The summed E-state index contributed by atoms with van der Waals surface area (Å²) in [6.07, 6.45) is 3.64. The van der Waals surface area contributed by atoms with Crippen LogP contribution in [0, 0.1) is 11.6 Å². The predicted octanol–water partition coefficient (Wildman–Crippen LogP) is 30.6. The molecule has 20 aromatic rings. The van der Waals surface area contributed by atoms with E-state index < -0.39 is 16.2 Å². The molecule has 580 valence electrons. The second-order valence-electron chi connectivity index (χ2n) is 32.3. The van der Waals surface area contributed by atoms with Gasteiger partial charge in [0.05, 0.1) is 38.4 Å².